The molecule has 0 aromatic heterocycles. The number of rotatable bonds is 4. The summed E-state index contributed by atoms with van der Waals surface area (Å²) in [6.45, 7) is 1.90. The highest BCUT2D eigenvalue weighted by molar-refractivity contribution is 6.30. The summed E-state index contributed by atoms with van der Waals surface area (Å²) in [6.07, 6.45) is 0.682. The highest BCUT2D eigenvalue weighted by Crippen LogP contribution is 2.54. The molecule has 2 rings (SSSR count). The van der Waals surface area contributed by atoms with Crippen molar-refractivity contribution in [1.29, 1.82) is 0 Å². The average molecular weight is 282 g/mol. The maximum Gasteiger partial charge on any atom is 0.309 e. The first kappa shape index (κ1) is 13.9. The predicted molar refractivity (Wildman–Crippen MR) is 71.9 cm³/mol. The molecule has 0 bridgehead atoms. The lowest BCUT2D eigenvalue weighted by Crippen LogP contribution is -2.33. The van der Waals surface area contributed by atoms with E-state index in [0.717, 1.165) is 5.56 Å². The molecule has 5 heteroatoms. The van der Waals surface area contributed by atoms with Crippen LogP contribution in [0.4, 0.5) is 0 Å². The Labute approximate surface area is 117 Å². The summed E-state index contributed by atoms with van der Waals surface area (Å²) < 4.78 is 4.80. The summed E-state index contributed by atoms with van der Waals surface area (Å²) in [5.74, 6) is -0.547. The average Bonchev–Trinajstić information content (AvgIpc) is 3.12. The van der Waals surface area contributed by atoms with Gasteiger partial charge in [0.1, 0.15) is 0 Å². The number of carbonyl (C=O) groups excluding carboxylic acids is 2. The van der Waals surface area contributed by atoms with Gasteiger partial charge in [-0.25, -0.2) is 0 Å². The fourth-order valence-electron chi connectivity index (χ4n) is 2.44. The molecule has 2 atom stereocenters. The molecule has 0 aliphatic heterocycles. The normalized spacial score (nSPS) is 24.7. The molecule has 1 aliphatic carbocycles. The highest BCUT2D eigenvalue weighted by Gasteiger charge is 2.59. The van der Waals surface area contributed by atoms with Gasteiger partial charge < -0.3 is 10.1 Å². The largest absolute Gasteiger partial charge is 0.469 e. The minimum atomic E-state index is -0.358. The second kappa shape index (κ2) is 5.21. The van der Waals surface area contributed by atoms with Gasteiger partial charge in [-0.3, -0.25) is 9.59 Å². The number of halogens is 1. The monoisotopic (exact) mass is 281 g/mol. The Morgan fingerprint density at radius 2 is 2.05 bits per heavy atom. The van der Waals surface area contributed by atoms with Crippen molar-refractivity contribution in [2.75, 3.05) is 13.7 Å². The molecule has 4 nitrogen and oxygen atoms in total. The van der Waals surface area contributed by atoms with Crippen molar-refractivity contribution < 1.29 is 14.3 Å². The molecule has 1 fully saturated rings. The summed E-state index contributed by atoms with van der Waals surface area (Å²) in [5.41, 5.74) is 0.643. The van der Waals surface area contributed by atoms with E-state index in [-0.39, 0.29) is 23.2 Å². The maximum absolute atomic E-state index is 11.7. The molecular weight excluding hydrogens is 266 g/mol. The topological polar surface area (TPSA) is 55.4 Å². The van der Waals surface area contributed by atoms with Crippen LogP contribution in [-0.2, 0) is 19.7 Å². The zero-order valence-electron chi connectivity index (χ0n) is 10.9. The summed E-state index contributed by atoms with van der Waals surface area (Å²) in [7, 11) is 1.38. The second-order valence-electron chi connectivity index (χ2n) is 4.85. The van der Waals surface area contributed by atoms with Gasteiger partial charge in [-0.1, -0.05) is 23.7 Å². The Bertz CT molecular complexity index is 500. The maximum atomic E-state index is 11.7. The van der Waals surface area contributed by atoms with Gasteiger partial charge >= 0.3 is 5.97 Å². The van der Waals surface area contributed by atoms with Crippen molar-refractivity contribution in [1.82, 2.24) is 5.32 Å². The van der Waals surface area contributed by atoms with Crippen molar-refractivity contribution in [2.45, 2.75) is 18.8 Å². The number of ether oxygens (including phenoxy) is 1. The number of carbonyl (C=O) groups is 2. The number of benzene rings is 1. The zero-order chi connectivity index (χ0) is 14.0. The van der Waals surface area contributed by atoms with Gasteiger partial charge in [-0.2, -0.15) is 0 Å². The third-order valence-electron chi connectivity index (χ3n) is 3.63. The standard InChI is InChI=1S/C14H16ClNO3/c1-9(17)16-8-14(7-12(14)13(18)19-2)10-3-5-11(15)6-4-10/h3-6,12H,7-8H2,1-2H3,(H,16,17)/t12-,14-/m1/s1. The molecule has 0 unspecified atom stereocenters. The van der Waals surface area contributed by atoms with Crippen LogP contribution in [0.3, 0.4) is 0 Å². The van der Waals surface area contributed by atoms with E-state index in [0.29, 0.717) is 18.0 Å². The van der Waals surface area contributed by atoms with Gasteiger partial charge in [0.15, 0.2) is 0 Å². The summed E-state index contributed by atoms with van der Waals surface area (Å²) in [5, 5.41) is 3.44. The van der Waals surface area contributed by atoms with Gasteiger partial charge in [0, 0.05) is 23.9 Å². The Hall–Kier alpha value is -1.55. The minimum absolute atomic E-state index is 0.108. The van der Waals surface area contributed by atoms with Crippen molar-refractivity contribution in [3.05, 3.63) is 34.9 Å². The molecule has 1 saturated carbocycles. The lowest BCUT2D eigenvalue weighted by Gasteiger charge is -2.18. The Morgan fingerprint density at radius 3 is 2.58 bits per heavy atom. The highest BCUT2D eigenvalue weighted by atomic mass is 35.5. The molecule has 1 aromatic rings. The van der Waals surface area contributed by atoms with Crippen LogP contribution in [0, 0.1) is 5.92 Å². The fraction of sp³-hybridized carbons (Fsp3) is 0.429. The molecule has 1 amide bonds. The van der Waals surface area contributed by atoms with Crippen LogP contribution in [0.2, 0.25) is 5.02 Å². The number of esters is 1. The first-order valence-corrected chi connectivity index (χ1v) is 6.46. The summed E-state index contributed by atoms with van der Waals surface area (Å²) in [6, 6.07) is 7.37. The van der Waals surface area contributed by atoms with Crippen LogP contribution < -0.4 is 5.32 Å². The Morgan fingerprint density at radius 1 is 1.42 bits per heavy atom. The van der Waals surface area contributed by atoms with E-state index >= 15 is 0 Å². The van der Waals surface area contributed by atoms with Crippen LogP contribution in [-0.4, -0.2) is 25.5 Å². The third kappa shape index (κ3) is 2.73. The van der Waals surface area contributed by atoms with Crippen molar-refractivity contribution in [2.24, 2.45) is 5.92 Å². The second-order valence-corrected chi connectivity index (χ2v) is 5.29. The minimum Gasteiger partial charge on any atom is -0.469 e. The molecule has 1 N–H and O–H groups in total. The Balaban J connectivity index is 2.23. The quantitative estimate of drug-likeness (QED) is 0.858. The number of methoxy groups -OCH3 is 1. The van der Waals surface area contributed by atoms with Crippen LogP contribution in [0.1, 0.15) is 18.9 Å². The lowest BCUT2D eigenvalue weighted by molar-refractivity contribution is -0.142. The molecule has 102 valence electrons. The van der Waals surface area contributed by atoms with Crippen LogP contribution in [0.25, 0.3) is 0 Å². The summed E-state index contributed by atoms with van der Waals surface area (Å²) in [4.78, 5) is 22.8. The number of hydrogen-bond acceptors (Lipinski definition) is 3. The van der Waals surface area contributed by atoms with Gasteiger partial charge in [-0.05, 0) is 24.1 Å². The summed E-state index contributed by atoms with van der Waals surface area (Å²) >= 11 is 5.87. The SMILES string of the molecule is COC(=O)[C@H]1C[C@@]1(CNC(C)=O)c1ccc(Cl)cc1. The van der Waals surface area contributed by atoms with Crippen LogP contribution >= 0.6 is 11.6 Å². The first-order chi connectivity index (χ1) is 8.99. The molecular formula is C14H16ClNO3. The number of hydrogen-bond donors (Lipinski definition) is 1. The van der Waals surface area contributed by atoms with Crippen LogP contribution in [0.15, 0.2) is 24.3 Å². The van der Waals surface area contributed by atoms with Gasteiger partial charge in [0.2, 0.25) is 5.91 Å². The van der Waals surface area contributed by atoms with Crippen LogP contribution in [0.5, 0.6) is 0 Å². The van der Waals surface area contributed by atoms with E-state index in [1.54, 1.807) is 12.1 Å². The smallest absolute Gasteiger partial charge is 0.309 e. The predicted octanol–water partition coefficient (Wildman–Crippen LogP) is 1.91. The molecule has 0 heterocycles. The third-order valence-corrected chi connectivity index (χ3v) is 3.88. The van der Waals surface area contributed by atoms with E-state index in [4.69, 9.17) is 16.3 Å². The van der Waals surface area contributed by atoms with E-state index in [1.807, 2.05) is 12.1 Å². The van der Waals surface area contributed by atoms with E-state index < -0.39 is 0 Å². The van der Waals surface area contributed by atoms with Crippen molar-refractivity contribution in [3.8, 4) is 0 Å². The van der Waals surface area contributed by atoms with E-state index in [9.17, 15) is 9.59 Å². The zero-order valence-corrected chi connectivity index (χ0v) is 11.7. The lowest BCUT2D eigenvalue weighted by atomic mass is 9.93. The molecule has 0 spiro atoms. The number of amides is 1. The fourth-order valence-corrected chi connectivity index (χ4v) is 2.56. The van der Waals surface area contributed by atoms with Crippen molar-refractivity contribution >= 4 is 23.5 Å². The molecule has 1 aliphatic rings. The molecule has 1 aromatic carbocycles. The number of nitrogens with one attached hydrogen (secondary N) is 1. The van der Waals surface area contributed by atoms with E-state index in [1.165, 1.54) is 14.0 Å². The van der Waals surface area contributed by atoms with Gasteiger partial charge in [0.25, 0.3) is 0 Å². The molecule has 0 radical (unpaired) electrons. The van der Waals surface area contributed by atoms with Gasteiger partial charge in [0.05, 0.1) is 13.0 Å². The van der Waals surface area contributed by atoms with E-state index in [2.05, 4.69) is 5.32 Å². The first-order valence-electron chi connectivity index (χ1n) is 6.08. The van der Waals surface area contributed by atoms with Crippen molar-refractivity contribution in [3.63, 3.8) is 0 Å². The molecule has 19 heavy (non-hydrogen) atoms. The van der Waals surface area contributed by atoms with Gasteiger partial charge in [-0.15, -0.1) is 0 Å². The molecule has 0 saturated heterocycles. The Kier molecular flexibility index (Phi) is 3.80.